The number of methoxy groups -OCH3 is 1. The van der Waals surface area contributed by atoms with Crippen LogP contribution < -0.4 is 24.4 Å². The molecule has 0 saturated carbocycles. The van der Waals surface area contributed by atoms with Crippen molar-refractivity contribution >= 4 is 29.6 Å². The average molecular weight is 424 g/mol. The van der Waals surface area contributed by atoms with Gasteiger partial charge in [-0.05, 0) is 61.4 Å². The Morgan fingerprint density at radius 3 is 2.35 bits per heavy atom. The van der Waals surface area contributed by atoms with Gasteiger partial charge in [0, 0.05) is 0 Å². The summed E-state index contributed by atoms with van der Waals surface area (Å²) in [5.74, 6) is 0.193. The zero-order valence-corrected chi connectivity index (χ0v) is 17.6. The lowest BCUT2D eigenvalue weighted by Gasteiger charge is -2.26. The molecule has 0 spiro atoms. The molecule has 31 heavy (non-hydrogen) atoms. The molecule has 0 unspecified atom stereocenters. The Hall–Kier alpha value is -3.81. The first-order valence-corrected chi connectivity index (χ1v) is 9.93. The van der Waals surface area contributed by atoms with Gasteiger partial charge >= 0.3 is 6.03 Å². The normalized spacial score (nSPS) is 15.1. The first-order chi connectivity index (χ1) is 15.0. The van der Waals surface area contributed by atoms with Crippen LogP contribution in [0.4, 0.5) is 10.5 Å². The van der Waals surface area contributed by atoms with Gasteiger partial charge in [-0.2, -0.15) is 0 Å². The van der Waals surface area contributed by atoms with E-state index in [1.807, 2.05) is 13.8 Å². The third kappa shape index (κ3) is 4.85. The summed E-state index contributed by atoms with van der Waals surface area (Å²) in [5, 5.41) is 2.21. The summed E-state index contributed by atoms with van der Waals surface area (Å²) in [6, 6.07) is 10.7. The third-order valence-electron chi connectivity index (χ3n) is 4.47. The van der Waals surface area contributed by atoms with E-state index >= 15 is 0 Å². The van der Waals surface area contributed by atoms with E-state index in [0.29, 0.717) is 41.7 Å². The molecule has 3 rings (SSSR count). The number of rotatable bonds is 8. The number of hydrogen-bond acceptors (Lipinski definition) is 6. The molecule has 2 aromatic rings. The Morgan fingerprint density at radius 1 is 0.968 bits per heavy atom. The van der Waals surface area contributed by atoms with Crippen LogP contribution in [0, 0.1) is 0 Å². The van der Waals surface area contributed by atoms with Crippen molar-refractivity contribution in [2.75, 3.05) is 25.2 Å². The molecular formula is C23H24N2O6. The summed E-state index contributed by atoms with van der Waals surface area (Å²) in [7, 11) is 1.52. The van der Waals surface area contributed by atoms with Crippen molar-refractivity contribution in [3.05, 3.63) is 53.6 Å². The predicted octanol–water partition coefficient (Wildman–Crippen LogP) is 3.55. The monoisotopic (exact) mass is 424 g/mol. The topological polar surface area (TPSA) is 94.2 Å². The molecule has 0 radical (unpaired) electrons. The van der Waals surface area contributed by atoms with Crippen LogP contribution in [0.15, 0.2) is 48.0 Å². The molecule has 1 saturated heterocycles. The van der Waals surface area contributed by atoms with E-state index in [9.17, 15) is 14.4 Å². The summed E-state index contributed by atoms with van der Waals surface area (Å²) in [5.41, 5.74) is 0.718. The second-order valence-corrected chi connectivity index (χ2v) is 6.64. The predicted molar refractivity (Wildman–Crippen MR) is 115 cm³/mol. The van der Waals surface area contributed by atoms with E-state index in [0.717, 1.165) is 11.3 Å². The lowest BCUT2D eigenvalue weighted by atomic mass is 10.1. The molecule has 8 nitrogen and oxygen atoms in total. The molecule has 0 aromatic heterocycles. The van der Waals surface area contributed by atoms with Crippen LogP contribution in [0.25, 0.3) is 6.08 Å². The Morgan fingerprint density at radius 2 is 1.71 bits per heavy atom. The molecule has 0 aliphatic carbocycles. The van der Waals surface area contributed by atoms with Crippen LogP contribution in [0.1, 0.15) is 25.8 Å². The third-order valence-corrected chi connectivity index (χ3v) is 4.47. The largest absolute Gasteiger partial charge is 0.497 e. The molecule has 2 aromatic carbocycles. The van der Waals surface area contributed by atoms with E-state index in [1.54, 1.807) is 42.5 Å². The number of barbiturate groups is 1. The maximum absolute atomic E-state index is 13.0. The number of imide groups is 2. The highest BCUT2D eigenvalue weighted by Gasteiger charge is 2.36. The maximum atomic E-state index is 13.0. The smallest absolute Gasteiger partial charge is 0.335 e. The molecule has 0 atom stereocenters. The molecule has 0 bridgehead atoms. The van der Waals surface area contributed by atoms with Crippen LogP contribution in [-0.2, 0) is 9.59 Å². The number of ether oxygens (including phenoxy) is 3. The maximum Gasteiger partial charge on any atom is 0.335 e. The Bertz CT molecular complexity index is 1010. The van der Waals surface area contributed by atoms with Crippen LogP contribution >= 0.6 is 0 Å². The minimum Gasteiger partial charge on any atom is -0.497 e. The first kappa shape index (κ1) is 21.9. The second-order valence-electron chi connectivity index (χ2n) is 6.64. The summed E-state index contributed by atoms with van der Waals surface area (Å²) in [6.07, 6.45) is 2.27. The first-order valence-electron chi connectivity index (χ1n) is 9.93. The van der Waals surface area contributed by atoms with Gasteiger partial charge in [-0.15, -0.1) is 0 Å². The summed E-state index contributed by atoms with van der Waals surface area (Å²) >= 11 is 0. The van der Waals surface area contributed by atoms with Crippen molar-refractivity contribution in [3.63, 3.8) is 0 Å². The van der Waals surface area contributed by atoms with E-state index in [4.69, 9.17) is 14.2 Å². The number of carbonyl (C=O) groups is 3. The number of urea groups is 1. The quantitative estimate of drug-likeness (QED) is 0.515. The molecule has 1 aliphatic rings. The molecule has 1 heterocycles. The van der Waals surface area contributed by atoms with Gasteiger partial charge in [0.05, 0.1) is 26.0 Å². The Balaban J connectivity index is 1.94. The van der Waals surface area contributed by atoms with Gasteiger partial charge in [0.25, 0.3) is 11.8 Å². The Labute approximate surface area is 180 Å². The van der Waals surface area contributed by atoms with Crippen LogP contribution in [0.2, 0.25) is 0 Å². The van der Waals surface area contributed by atoms with Crippen LogP contribution in [-0.4, -0.2) is 38.2 Å². The second kappa shape index (κ2) is 9.80. The fourth-order valence-corrected chi connectivity index (χ4v) is 3.00. The van der Waals surface area contributed by atoms with Crippen molar-refractivity contribution in [1.82, 2.24) is 5.32 Å². The van der Waals surface area contributed by atoms with Gasteiger partial charge < -0.3 is 14.2 Å². The van der Waals surface area contributed by atoms with Crippen molar-refractivity contribution in [2.24, 2.45) is 0 Å². The van der Waals surface area contributed by atoms with E-state index in [2.05, 4.69) is 5.32 Å². The molecule has 4 amide bonds. The van der Waals surface area contributed by atoms with Crippen molar-refractivity contribution in [2.45, 2.75) is 20.3 Å². The lowest BCUT2D eigenvalue weighted by molar-refractivity contribution is -0.122. The number of benzene rings is 2. The molecule has 8 heteroatoms. The number of carbonyl (C=O) groups excluding carboxylic acids is 3. The summed E-state index contributed by atoms with van der Waals surface area (Å²) < 4.78 is 16.4. The highest BCUT2D eigenvalue weighted by atomic mass is 16.5. The van der Waals surface area contributed by atoms with Crippen molar-refractivity contribution in [3.8, 4) is 17.2 Å². The zero-order chi connectivity index (χ0) is 22.4. The number of nitrogens with zero attached hydrogens (tertiary/aromatic N) is 1. The van der Waals surface area contributed by atoms with Crippen LogP contribution in [0.5, 0.6) is 17.2 Å². The summed E-state index contributed by atoms with van der Waals surface area (Å²) in [4.78, 5) is 38.6. The van der Waals surface area contributed by atoms with Gasteiger partial charge in [-0.3, -0.25) is 14.9 Å². The van der Waals surface area contributed by atoms with Gasteiger partial charge in [0.15, 0.2) is 11.5 Å². The minimum absolute atomic E-state index is 0.167. The van der Waals surface area contributed by atoms with E-state index in [-0.39, 0.29) is 5.57 Å². The number of anilines is 1. The minimum atomic E-state index is -0.810. The van der Waals surface area contributed by atoms with Crippen molar-refractivity contribution in [1.29, 1.82) is 0 Å². The fourth-order valence-electron chi connectivity index (χ4n) is 3.00. The molecule has 162 valence electrons. The van der Waals surface area contributed by atoms with Gasteiger partial charge in [-0.25, -0.2) is 9.69 Å². The average Bonchev–Trinajstić information content (AvgIpc) is 2.76. The number of amides is 4. The molecule has 1 fully saturated rings. The SMILES string of the molecule is CCCOc1ccc(/C=C2\C(=O)NC(=O)N(c3ccc(OC)cc3)C2=O)cc1OCC. The summed E-state index contributed by atoms with van der Waals surface area (Å²) in [6.45, 7) is 4.83. The standard InChI is InChI=1S/C23H24N2O6/c1-4-12-31-19-11-6-15(14-20(19)30-5-2)13-18-21(26)24-23(28)25(22(18)27)16-7-9-17(29-3)10-8-16/h6-11,13-14H,4-5,12H2,1-3H3,(H,24,26,28)/b18-13+. The molecular weight excluding hydrogens is 400 g/mol. The van der Waals surface area contributed by atoms with Gasteiger partial charge in [-0.1, -0.05) is 13.0 Å². The fraction of sp³-hybridized carbons (Fsp3) is 0.261. The Kier molecular flexibility index (Phi) is 6.92. The molecule has 1 N–H and O–H groups in total. The van der Waals surface area contributed by atoms with Gasteiger partial charge in [0.1, 0.15) is 11.3 Å². The van der Waals surface area contributed by atoms with Crippen molar-refractivity contribution < 1.29 is 28.6 Å². The van der Waals surface area contributed by atoms with E-state index < -0.39 is 17.8 Å². The number of nitrogens with one attached hydrogen (secondary N) is 1. The van der Waals surface area contributed by atoms with E-state index in [1.165, 1.54) is 13.2 Å². The zero-order valence-electron chi connectivity index (χ0n) is 17.6. The van der Waals surface area contributed by atoms with Crippen LogP contribution in [0.3, 0.4) is 0 Å². The number of hydrogen-bond donors (Lipinski definition) is 1. The highest BCUT2D eigenvalue weighted by molar-refractivity contribution is 6.39. The highest BCUT2D eigenvalue weighted by Crippen LogP contribution is 2.30. The van der Waals surface area contributed by atoms with Gasteiger partial charge in [0.2, 0.25) is 0 Å². The molecule has 1 aliphatic heterocycles. The lowest BCUT2D eigenvalue weighted by Crippen LogP contribution is -2.54.